The van der Waals surface area contributed by atoms with E-state index >= 15 is 0 Å². The summed E-state index contributed by atoms with van der Waals surface area (Å²) in [4.78, 5) is 8.49. The van der Waals surface area contributed by atoms with Crippen LogP contribution in [-0.2, 0) is 9.47 Å². The van der Waals surface area contributed by atoms with Crippen molar-refractivity contribution in [3.05, 3.63) is 54.4 Å². The predicted octanol–water partition coefficient (Wildman–Crippen LogP) is 3.66. The number of hydrogen-bond donors (Lipinski definition) is 0. The van der Waals surface area contributed by atoms with E-state index in [0.717, 1.165) is 0 Å². The van der Waals surface area contributed by atoms with Crippen LogP contribution in [0.1, 0.15) is 12.5 Å². The summed E-state index contributed by atoms with van der Waals surface area (Å²) < 4.78 is 39.7. The molecule has 140 valence electrons. The van der Waals surface area contributed by atoms with Crippen molar-refractivity contribution < 1.29 is 23.0 Å². The van der Waals surface area contributed by atoms with Crippen LogP contribution in [0, 0.1) is 17.8 Å². The first kappa shape index (κ1) is 19.0. The summed E-state index contributed by atoms with van der Waals surface area (Å²) in [5, 5.41) is 0. The van der Waals surface area contributed by atoms with Gasteiger partial charge < -0.3 is 14.2 Å². The van der Waals surface area contributed by atoms with Crippen molar-refractivity contribution in [1.29, 1.82) is 0 Å². The number of rotatable bonds is 4. The second-order valence-corrected chi connectivity index (χ2v) is 5.75. The second-order valence-electron chi connectivity index (χ2n) is 5.75. The van der Waals surface area contributed by atoms with Crippen LogP contribution in [0.15, 0.2) is 48.8 Å². The fourth-order valence-corrected chi connectivity index (χ4v) is 2.45. The maximum Gasteiger partial charge on any atom is 0.387 e. The second kappa shape index (κ2) is 9.21. The van der Waals surface area contributed by atoms with Gasteiger partial charge in [0.1, 0.15) is 5.75 Å². The minimum atomic E-state index is -2.85. The number of benzene rings is 1. The third kappa shape index (κ3) is 5.58. The zero-order chi connectivity index (χ0) is 19.1. The monoisotopic (exact) mass is 372 g/mol. The standard InChI is InChI=1S/C20H18F2N2O3/c1-2-3-15-12-25-18(26-13-15)9-4-14-10-23-19(24-11-14)16-5-7-17(8-6-16)27-20(21)22/h2-3,5-8,10-11,15,18,20H,12-13H2,1H3/b3-2+/t15-,18-. The minimum absolute atomic E-state index is 0.0837. The highest BCUT2D eigenvalue weighted by atomic mass is 19.3. The molecule has 3 rings (SSSR count). The summed E-state index contributed by atoms with van der Waals surface area (Å²) in [7, 11) is 0. The molecule has 0 saturated carbocycles. The topological polar surface area (TPSA) is 53.5 Å². The molecule has 0 unspecified atom stereocenters. The van der Waals surface area contributed by atoms with Crippen LogP contribution >= 0.6 is 0 Å². The largest absolute Gasteiger partial charge is 0.435 e. The maximum atomic E-state index is 12.2. The van der Waals surface area contributed by atoms with Gasteiger partial charge in [-0.05, 0) is 37.1 Å². The van der Waals surface area contributed by atoms with E-state index in [1.54, 1.807) is 24.5 Å². The van der Waals surface area contributed by atoms with Gasteiger partial charge in [0.05, 0.1) is 18.8 Å². The van der Waals surface area contributed by atoms with Gasteiger partial charge in [-0.2, -0.15) is 8.78 Å². The summed E-state index contributed by atoms with van der Waals surface area (Å²) in [6.45, 7) is 0.256. The number of nitrogens with zero attached hydrogens (tertiary/aromatic N) is 2. The van der Waals surface area contributed by atoms with Gasteiger partial charge in [0.2, 0.25) is 6.29 Å². The smallest absolute Gasteiger partial charge is 0.387 e. The highest BCUT2D eigenvalue weighted by molar-refractivity contribution is 5.56. The summed E-state index contributed by atoms with van der Waals surface area (Å²) in [6, 6.07) is 6.11. The molecular formula is C20H18F2N2O3. The average Bonchev–Trinajstić information content (AvgIpc) is 2.68. The number of alkyl halides is 2. The van der Waals surface area contributed by atoms with Crippen LogP contribution < -0.4 is 4.74 Å². The molecule has 5 nitrogen and oxygen atoms in total. The third-order valence-corrected chi connectivity index (χ3v) is 3.71. The molecule has 0 radical (unpaired) electrons. The Morgan fingerprint density at radius 1 is 1.15 bits per heavy atom. The lowest BCUT2D eigenvalue weighted by Crippen LogP contribution is -2.30. The normalized spacial score (nSPS) is 19.7. The lowest BCUT2D eigenvalue weighted by Gasteiger charge is -2.24. The van der Waals surface area contributed by atoms with E-state index in [1.165, 1.54) is 12.1 Å². The molecular weight excluding hydrogens is 354 g/mol. The Labute approximate surface area is 156 Å². The summed E-state index contributed by atoms with van der Waals surface area (Å²) in [5.74, 6) is 6.63. The molecule has 27 heavy (non-hydrogen) atoms. The van der Waals surface area contributed by atoms with Crippen molar-refractivity contribution >= 4 is 0 Å². The van der Waals surface area contributed by atoms with E-state index in [4.69, 9.17) is 9.47 Å². The van der Waals surface area contributed by atoms with Crippen LogP contribution in [0.5, 0.6) is 5.75 Å². The number of halogens is 2. The highest BCUT2D eigenvalue weighted by Crippen LogP contribution is 2.20. The lowest BCUT2D eigenvalue weighted by atomic mass is 10.1. The van der Waals surface area contributed by atoms with Gasteiger partial charge in [-0.25, -0.2) is 9.97 Å². The molecule has 1 fully saturated rings. The van der Waals surface area contributed by atoms with Crippen molar-refractivity contribution in [2.45, 2.75) is 19.8 Å². The molecule has 0 atom stereocenters. The Hall–Kier alpha value is -2.82. The SMILES string of the molecule is C/C=C/[C@H]1CO[C@H](C#Cc2cnc(-c3ccc(OC(F)F)cc3)nc2)OC1. The minimum Gasteiger partial charge on any atom is -0.435 e. The molecule has 0 bridgehead atoms. The first-order valence-corrected chi connectivity index (χ1v) is 8.39. The number of hydrogen-bond acceptors (Lipinski definition) is 5. The predicted molar refractivity (Wildman–Crippen MR) is 95.0 cm³/mol. The number of ether oxygens (including phenoxy) is 3. The lowest BCUT2D eigenvalue weighted by molar-refractivity contribution is -0.160. The molecule has 0 spiro atoms. The van der Waals surface area contributed by atoms with Crippen molar-refractivity contribution in [2.24, 2.45) is 5.92 Å². The van der Waals surface area contributed by atoms with Gasteiger partial charge in [-0.1, -0.05) is 18.1 Å². The molecule has 0 aliphatic carbocycles. The van der Waals surface area contributed by atoms with Gasteiger partial charge >= 0.3 is 6.61 Å². The molecule has 1 saturated heterocycles. The first-order valence-electron chi connectivity index (χ1n) is 8.39. The van der Waals surface area contributed by atoms with Crippen LogP contribution in [0.2, 0.25) is 0 Å². The van der Waals surface area contributed by atoms with Crippen LogP contribution in [-0.4, -0.2) is 36.1 Å². The number of allylic oxidation sites excluding steroid dienone is 1. The molecule has 1 aromatic carbocycles. The quantitative estimate of drug-likeness (QED) is 0.606. The van der Waals surface area contributed by atoms with Gasteiger partial charge in [0.25, 0.3) is 0 Å². The highest BCUT2D eigenvalue weighted by Gasteiger charge is 2.18. The van der Waals surface area contributed by atoms with E-state index in [-0.39, 0.29) is 11.7 Å². The maximum absolute atomic E-state index is 12.2. The van der Waals surface area contributed by atoms with Gasteiger partial charge in [0.15, 0.2) is 5.82 Å². The van der Waals surface area contributed by atoms with Gasteiger partial charge in [-0.15, -0.1) is 0 Å². The molecule has 2 aromatic rings. The fourth-order valence-electron chi connectivity index (χ4n) is 2.45. The van der Waals surface area contributed by atoms with E-state index in [2.05, 4.69) is 26.5 Å². The van der Waals surface area contributed by atoms with E-state index in [1.807, 2.05) is 19.1 Å². The van der Waals surface area contributed by atoms with Crippen LogP contribution in [0.3, 0.4) is 0 Å². The van der Waals surface area contributed by atoms with Gasteiger partial charge in [0, 0.05) is 23.9 Å². The third-order valence-electron chi connectivity index (χ3n) is 3.71. The van der Waals surface area contributed by atoms with Crippen molar-refractivity contribution in [1.82, 2.24) is 9.97 Å². The van der Waals surface area contributed by atoms with Crippen LogP contribution in [0.4, 0.5) is 8.78 Å². The zero-order valence-electron chi connectivity index (χ0n) is 14.6. The van der Waals surface area contributed by atoms with E-state index < -0.39 is 12.9 Å². The molecule has 7 heteroatoms. The van der Waals surface area contributed by atoms with Crippen molar-refractivity contribution in [3.8, 4) is 29.0 Å². The summed E-state index contributed by atoms with van der Waals surface area (Å²) in [6.07, 6.45) is 6.63. The van der Waals surface area contributed by atoms with Crippen molar-refractivity contribution in [2.75, 3.05) is 13.2 Å². The van der Waals surface area contributed by atoms with Crippen molar-refractivity contribution in [3.63, 3.8) is 0 Å². The molecule has 0 amide bonds. The molecule has 1 aliphatic rings. The molecule has 1 aliphatic heterocycles. The van der Waals surface area contributed by atoms with Crippen LogP contribution in [0.25, 0.3) is 11.4 Å². The zero-order valence-corrected chi connectivity index (χ0v) is 14.6. The first-order chi connectivity index (χ1) is 13.1. The Morgan fingerprint density at radius 3 is 2.41 bits per heavy atom. The Balaban J connectivity index is 1.60. The fraction of sp³-hybridized carbons (Fsp3) is 0.300. The molecule has 2 heterocycles. The summed E-state index contributed by atoms with van der Waals surface area (Å²) in [5.41, 5.74) is 1.31. The molecule has 0 N–H and O–H groups in total. The van der Waals surface area contributed by atoms with E-state index in [9.17, 15) is 8.78 Å². The summed E-state index contributed by atoms with van der Waals surface area (Å²) >= 11 is 0. The Morgan fingerprint density at radius 2 is 1.81 bits per heavy atom. The van der Waals surface area contributed by atoms with E-state index in [0.29, 0.717) is 30.2 Å². The van der Waals surface area contributed by atoms with Gasteiger partial charge in [-0.3, -0.25) is 0 Å². The Bertz CT molecular complexity index is 819. The molecule has 1 aromatic heterocycles. The average molecular weight is 372 g/mol. The number of aromatic nitrogens is 2. The Kier molecular flexibility index (Phi) is 6.47.